The zero-order chi connectivity index (χ0) is 20.0. The fourth-order valence-corrected chi connectivity index (χ4v) is 2.94. The number of carbonyl (C=O) groups is 4. The van der Waals surface area contributed by atoms with Gasteiger partial charge in [0.05, 0.1) is 6.54 Å². The van der Waals surface area contributed by atoms with E-state index >= 15 is 0 Å². The minimum atomic E-state index is -1.11. The zero-order valence-electron chi connectivity index (χ0n) is 15.5. The van der Waals surface area contributed by atoms with Gasteiger partial charge in [-0.2, -0.15) is 0 Å². The Hall–Kier alpha value is -2.90. The third-order valence-electron chi connectivity index (χ3n) is 4.24. The molecule has 3 amide bonds. The first-order valence-corrected chi connectivity index (χ1v) is 8.98. The number of aliphatic carboxylic acids is 1. The van der Waals surface area contributed by atoms with Crippen LogP contribution in [0.4, 0.5) is 5.69 Å². The number of carboxylic acids is 1. The van der Waals surface area contributed by atoms with E-state index in [9.17, 15) is 19.2 Å². The number of nitrogens with one attached hydrogen (secondary N) is 2. The van der Waals surface area contributed by atoms with Gasteiger partial charge in [-0.05, 0) is 37.0 Å². The van der Waals surface area contributed by atoms with Crippen LogP contribution in [0.1, 0.15) is 43.5 Å². The number of amides is 3. The number of hydrogen-bond acceptors (Lipinski definition) is 4. The largest absolute Gasteiger partial charge is 0.480 e. The molecule has 146 valence electrons. The van der Waals surface area contributed by atoms with Gasteiger partial charge in [-0.25, -0.2) is 4.79 Å². The summed E-state index contributed by atoms with van der Waals surface area (Å²) >= 11 is 0. The van der Waals surface area contributed by atoms with E-state index in [0.29, 0.717) is 30.6 Å². The van der Waals surface area contributed by atoms with Crippen molar-refractivity contribution in [2.45, 2.75) is 39.2 Å². The topological polar surface area (TPSA) is 116 Å². The first kappa shape index (κ1) is 20.4. The molecular weight excluding hydrogens is 350 g/mol. The van der Waals surface area contributed by atoms with Gasteiger partial charge in [0.2, 0.25) is 11.8 Å². The highest BCUT2D eigenvalue weighted by molar-refractivity contribution is 6.00. The summed E-state index contributed by atoms with van der Waals surface area (Å²) in [5.41, 5.74) is 0.981. The Kier molecular flexibility index (Phi) is 6.92. The lowest BCUT2D eigenvalue weighted by atomic mass is 10.0. The predicted molar refractivity (Wildman–Crippen MR) is 99.4 cm³/mol. The Morgan fingerprint density at radius 3 is 2.59 bits per heavy atom. The molecule has 8 heteroatoms. The van der Waals surface area contributed by atoms with Gasteiger partial charge in [0.25, 0.3) is 5.91 Å². The minimum absolute atomic E-state index is 0.0248. The summed E-state index contributed by atoms with van der Waals surface area (Å²) in [4.78, 5) is 48.9. The maximum Gasteiger partial charge on any atom is 0.326 e. The summed E-state index contributed by atoms with van der Waals surface area (Å²) in [6.07, 6.45) is 1.59. The molecular formula is C19H25N3O5. The molecule has 2 rings (SSSR count). The highest BCUT2D eigenvalue weighted by atomic mass is 16.4. The number of hydrogen-bond donors (Lipinski definition) is 3. The maximum atomic E-state index is 12.3. The van der Waals surface area contributed by atoms with Gasteiger partial charge in [0.15, 0.2) is 0 Å². The second-order valence-electron chi connectivity index (χ2n) is 6.97. The van der Waals surface area contributed by atoms with Crippen LogP contribution < -0.4 is 15.5 Å². The fraction of sp³-hybridized carbons (Fsp3) is 0.474. The van der Waals surface area contributed by atoms with Crippen LogP contribution in [0.3, 0.4) is 0 Å². The van der Waals surface area contributed by atoms with Crippen molar-refractivity contribution in [2.75, 3.05) is 18.0 Å². The average molecular weight is 375 g/mol. The number of benzene rings is 1. The van der Waals surface area contributed by atoms with Crippen molar-refractivity contribution < 1.29 is 24.3 Å². The third kappa shape index (κ3) is 5.80. The molecule has 0 aliphatic carbocycles. The van der Waals surface area contributed by atoms with Crippen LogP contribution >= 0.6 is 0 Å². The number of nitrogens with zero attached hydrogens (tertiary/aromatic N) is 1. The van der Waals surface area contributed by atoms with Crippen molar-refractivity contribution in [3.8, 4) is 0 Å². The van der Waals surface area contributed by atoms with Gasteiger partial charge in [0, 0.05) is 24.2 Å². The summed E-state index contributed by atoms with van der Waals surface area (Å²) < 4.78 is 0. The molecule has 1 saturated heterocycles. The van der Waals surface area contributed by atoms with Crippen LogP contribution in [-0.2, 0) is 14.4 Å². The molecule has 1 fully saturated rings. The standard InChI is InChI=1S/C19H25N3O5/c1-12(2)9-15(19(26)27)21-16(23)11-20-18(25)13-5-3-6-14(10-13)22-8-4-7-17(22)24/h3,5-6,10,12,15H,4,7-9,11H2,1-2H3,(H,20,25)(H,21,23)(H,26,27)/t15-/m0/s1. The van der Waals surface area contributed by atoms with Gasteiger partial charge in [0.1, 0.15) is 6.04 Å². The Morgan fingerprint density at radius 1 is 1.26 bits per heavy atom. The number of carboxylic acid groups (broad SMARTS) is 1. The molecule has 0 saturated carbocycles. The Morgan fingerprint density at radius 2 is 2.00 bits per heavy atom. The average Bonchev–Trinajstić information content (AvgIpc) is 3.04. The number of anilines is 1. The highest BCUT2D eigenvalue weighted by Gasteiger charge is 2.23. The van der Waals surface area contributed by atoms with Crippen molar-refractivity contribution in [1.29, 1.82) is 0 Å². The highest BCUT2D eigenvalue weighted by Crippen LogP contribution is 2.22. The lowest BCUT2D eigenvalue weighted by molar-refractivity contribution is -0.142. The molecule has 0 unspecified atom stereocenters. The van der Waals surface area contributed by atoms with Crippen LogP contribution in [-0.4, -0.2) is 47.9 Å². The second kappa shape index (κ2) is 9.16. The molecule has 8 nitrogen and oxygen atoms in total. The van der Waals surface area contributed by atoms with Crippen molar-refractivity contribution in [1.82, 2.24) is 10.6 Å². The van der Waals surface area contributed by atoms with Gasteiger partial charge in [-0.1, -0.05) is 19.9 Å². The summed E-state index contributed by atoms with van der Waals surface area (Å²) in [6.45, 7) is 4.02. The van der Waals surface area contributed by atoms with Crippen LogP contribution in [0.5, 0.6) is 0 Å². The lowest BCUT2D eigenvalue weighted by Gasteiger charge is -2.17. The van der Waals surface area contributed by atoms with Crippen LogP contribution in [0.2, 0.25) is 0 Å². The molecule has 1 aliphatic heterocycles. The molecule has 1 atom stereocenters. The molecule has 3 N–H and O–H groups in total. The third-order valence-corrected chi connectivity index (χ3v) is 4.24. The molecule has 0 radical (unpaired) electrons. The van der Waals surface area contributed by atoms with E-state index in [-0.39, 0.29) is 18.4 Å². The Balaban J connectivity index is 1.92. The van der Waals surface area contributed by atoms with E-state index in [0.717, 1.165) is 6.42 Å². The summed E-state index contributed by atoms with van der Waals surface area (Å²) in [5.74, 6) is -2.00. The Bertz CT molecular complexity index is 732. The van der Waals surface area contributed by atoms with Crippen molar-refractivity contribution in [3.63, 3.8) is 0 Å². The van der Waals surface area contributed by atoms with Crippen molar-refractivity contribution in [2.24, 2.45) is 5.92 Å². The molecule has 0 spiro atoms. The minimum Gasteiger partial charge on any atom is -0.480 e. The van der Waals surface area contributed by atoms with Gasteiger partial charge in [-0.15, -0.1) is 0 Å². The van der Waals surface area contributed by atoms with Crippen LogP contribution in [0.25, 0.3) is 0 Å². The summed E-state index contributed by atoms with van der Waals surface area (Å²) in [7, 11) is 0. The summed E-state index contributed by atoms with van der Waals surface area (Å²) in [6, 6.07) is 5.65. The predicted octanol–water partition coefficient (Wildman–Crippen LogP) is 1.16. The van der Waals surface area contributed by atoms with Gasteiger partial charge < -0.3 is 20.6 Å². The molecule has 1 aromatic carbocycles. The molecule has 0 bridgehead atoms. The zero-order valence-corrected chi connectivity index (χ0v) is 15.5. The van der Waals surface area contributed by atoms with E-state index in [2.05, 4.69) is 10.6 Å². The van der Waals surface area contributed by atoms with E-state index in [1.54, 1.807) is 29.2 Å². The molecule has 1 aliphatic rings. The van der Waals surface area contributed by atoms with Gasteiger partial charge in [-0.3, -0.25) is 14.4 Å². The second-order valence-corrected chi connectivity index (χ2v) is 6.97. The smallest absolute Gasteiger partial charge is 0.326 e. The van der Waals surface area contributed by atoms with E-state index in [1.165, 1.54) is 0 Å². The molecule has 1 heterocycles. The van der Waals surface area contributed by atoms with Crippen molar-refractivity contribution in [3.05, 3.63) is 29.8 Å². The Labute approximate surface area is 157 Å². The van der Waals surface area contributed by atoms with E-state index in [1.807, 2.05) is 13.8 Å². The normalized spacial score (nSPS) is 14.9. The lowest BCUT2D eigenvalue weighted by Crippen LogP contribution is -2.46. The fourth-order valence-electron chi connectivity index (χ4n) is 2.94. The van der Waals surface area contributed by atoms with Crippen molar-refractivity contribution >= 4 is 29.4 Å². The van der Waals surface area contributed by atoms with Gasteiger partial charge >= 0.3 is 5.97 Å². The SMILES string of the molecule is CC(C)C[C@H](NC(=O)CNC(=O)c1cccc(N2CCCC2=O)c1)C(=O)O. The summed E-state index contributed by atoms with van der Waals surface area (Å²) in [5, 5.41) is 14.0. The molecule has 0 aromatic heterocycles. The number of rotatable bonds is 8. The first-order valence-electron chi connectivity index (χ1n) is 8.98. The van der Waals surface area contributed by atoms with Crippen LogP contribution in [0.15, 0.2) is 24.3 Å². The first-order chi connectivity index (χ1) is 12.8. The number of carbonyl (C=O) groups excluding carboxylic acids is 3. The van der Waals surface area contributed by atoms with E-state index < -0.39 is 23.8 Å². The maximum absolute atomic E-state index is 12.3. The quantitative estimate of drug-likeness (QED) is 0.630. The monoisotopic (exact) mass is 375 g/mol. The molecule has 27 heavy (non-hydrogen) atoms. The van der Waals surface area contributed by atoms with Crippen LogP contribution in [0, 0.1) is 5.92 Å². The molecule has 1 aromatic rings. The van der Waals surface area contributed by atoms with E-state index in [4.69, 9.17) is 5.11 Å².